The van der Waals surface area contributed by atoms with Gasteiger partial charge in [0.15, 0.2) is 0 Å². The predicted octanol–water partition coefficient (Wildman–Crippen LogP) is 2.16. The average molecular weight is 342 g/mol. The van der Waals surface area contributed by atoms with Gasteiger partial charge in [0.1, 0.15) is 5.75 Å². The van der Waals surface area contributed by atoms with Crippen molar-refractivity contribution >= 4 is 21.6 Å². The lowest BCUT2D eigenvalue weighted by molar-refractivity contribution is -0.121. The van der Waals surface area contributed by atoms with E-state index in [0.717, 1.165) is 12.7 Å². The van der Waals surface area contributed by atoms with Crippen LogP contribution in [0.3, 0.4) is 0 Å². The van der Waals surface area contributed by atoms with Gasteiger partial charge in [0, 0.05) is 13.0 Å². The van der Waals surface area contributed by atoms with Gasteiger partial charge in [-0.2, -0.15) is 0 Å². The van der Waals surface area contributed by atoms with Crippen LogP contribution < -0.4 is 14.4 Å². The van der Waals surface area contributed by atoms with E-state index in [0.29, 0.717) is 17.9 Å². The van der Waals surface area contributed by atoms with E-state index in [4.69, 9.17) is 4.74 Å². The molecule has 0 radical (unpaired) electrons. The fraction of sp³-hybridized carbons (Fsp3) is 0.562. The third-order valence-electron chi connectivity index (χ3n) is 3.01. The highest BCUT2D eigenvalue weighted by molar-refractivity contribution is 7.92. The van der Waals surface area contributed by atoms with E-state index >= 15 is 0 Å². The van der Waals surface area contributed by atoms with Gasteiger partial charge in [-0.1, -0.05) is 19.1 Å². The number of rotatable bonds is 9. The number of benzene rings is 1. The largest absolute Gasteiger partial charge is 0.489 e. The van der Waals surface area contributed by atoms with Gasteiger partial charge in [0.25, 0.3) is 0 Å². The van der Waals surface area contributed by atoms with E-state index in [1.165, 1.54) is 4.31 Å². The van der Waals surface area contributed by atoms with Crippen molar-refractivity contribution < 1.29 is 17.9 Å². The smallest absolute Gasteiger partial charge is 0.232 e. The third-order valence-corrected chi connectivity index (χ3v) is 4.19. The molecule has 130 valence electrons. The molecule has 0 saturated heterocycles. The lowest BCUT2D eigenvalue weighted by Gasteiger charge is -2.25. The molecule has 0 aliphatic heterocycles. The maximum Gasteiger partial charge on any atom is 0.232 e. The van der Waals surface area contributed by atoms with Crippen LogP contribution in [0, 0.1) is 0 Å². The number of amides is 1. The molecule has 0 atom stereocenters. The molecule has 6 nitrogen and oxygen atoms in total. The molecule has 0 unspecified atom stereocenters. The van der Waals surface area contributed by atoms with Crippen LogP contribution in [0.1, 0.15) is 33.6 Å². The Labute approximate surface area is 138 Å². The van der Waals surface area contributed by atoms with Crippen molar-refractivity contribution in [2.75, 3.05) is 23.7 Å². The summed E-state index contributed by atoms with van der Waals surface area (Å²) >= 11 is 0. The van der Waals surface area contributed by atoms with Crippen molar-refractivity contribution in [1.29, 1.82) is 0 Å². The molecule has 0 bridgehead atoms. The average Bonchev–Trinajstić information content (AvgIpc) is 2.43. The first-order chi connectivity index (χ1) is 10.8. The van der Waals surface area contributed by atoms with E-state index in [1.54, 1.807) is 24.3 Å². The van der Waals surface area contributed by atoms with Gasteiger partial charge >= 0.3 is 0 Å². The highest BCUT2D eigenvalue weighted by Crippen LogP contribution is 2.30. The summed E-state index contributed by atoms with van der Waals surface area (Å²) in [7, 11) is -3.48. The number of anilines is 1. The maximum absolute atomic E-state index is 12.1. The quantitative estimate of drug-likeness (QED) is 0.746. The fourth-order valence-corrected chi connectivity index (χ4v) is 3.03. The molecule has 23 heavy (non-hydrogen) atoms. The molecule has 0 heterocycles. The molecule has 1 rings (SSSR count). The third kappa shape index (κ3) is 6.48. The number of hydrogen-bond acceptors (Lipinski definition) is 4. The Hall–Kier alpha value is -1.76. The molecule has 0 aromatic heterocycles. The molecule has 0 aliphatic rings. The fourth-order valence-electron chi connectivity index (χ4n) is 2.09. The van der Waals surface area contributed by atoms with Gasteiger partial charge in [-0.25, -0.2) is 8.42 Å². The van der Waals surface area contributed by atoms with Crippen molar-refractivity contribution in [3.8, 4) is 5.75 Å². The summed E-state index contributed by atoms with van der Waals surface area (Å²) in [5, 5.41) is 2.73. The number of sulfonamides is 1. The topological polar surface area (TPSA) is 75.7 Å². The highest BCUT2D eigenvalue weighted by Gasteiger charge is 2.21. The Morgan fingerprint density at radius 2 is 1.96 bits per heavy atom. The molecule has 0 spiro atoms. The van der Waals surface area contributed by atoms with E-state index in [1.807, 2.05) is 20.8 Å². The number of para-hydroxylation sites is 2. The zero-order valence-corrected chi connectivity index (χ0v) is 15.0. The predicted molar refractivity (Wildman–Crippen MR) is 92.3 cm³/mol. The minimum Gasteiger partial charge on any atom is -0.489 e. The normalized spacial score (nSPS) is 11.3. The second-order valence-corrected chi connectivity index (χ2v) is 7.48. The van der Waals surface area contributed by atoms with Crippen LogP contribution in [0.4, 0.5) is 5.69 Å². The van der Waals surface area contributed by atoms with E-state index in [9.17, 15) is 13.2 Å². The van der Waals surface area contributed by atoms with Crippen LogP contribution in [0.5, 0.6) is 5.75 Å². The SMILES string of the molecule is CCCC(=O)NCCN(c1ccccc1OC(C)C)S(C)(=O)=O. The minimum absolute atomic E-state index is 0.0678. The minimum atomic E-state index is -3.48. The van der Waals surface area contributed by atoms with Crippen LogP contribution in [0.25, 0.3) is 0 Å². The van der Waals surface area contributed by atoms with Gasteiger partial charge in [-0.05, 0) is 32.4 Å². The zero-order chi connectivity index (χ0) is 17.5. The van der Waals surface area contributed by atoms with Gasteiger partial charge in [0.2, 0.25) is 15.9 Å². The molecule has 0 fully saturated rings. The lowest BCUT2D eigenvalue weighted by Crippen LogP contribution is -2.38. The second-order valence-electron chi connectivity index (χ2n) is 5.57. The molecule has 7 heteroatoms. The van der Waals surface area contributed by atoms with Crippen LogP contribution in [0.15, 0.2) is 24.3 Å². The van der Waals surface area contributed by atoms with Gasteiger partial charge in [-0.3, -0.25) is 9.10 Å². The van der Waals surface area contributed by atoms with Crippen LogP contribution in [0.2, 0.25) is 0 Å². The zero-order valence-electron chi connectivity index (χ0n) is 14.2. The lowest BCUT2D eigenvalue weighted by atomic mass is 10.3. The first-order valence-electron chi connectivity index (χ1n) is 7.75. The highest BCUT2D eigenvalue weighted by atomic mass is 32.2. The molecule has 1 aromatic rings. The summed E-state index contributed by atoms with van der Waals surface area (Å²) in [5.74, 6) is 0.431. The van der Waals surface area contributed by atoms with Crippen LogP contribution in [-0.4, -0.2) is 39.8 Å². The Bertz CT molecular complexity index is 614. The van der Waals surface area contributed by atoms with E-state index < -0.39 is 10.0 Å². The number of nitrogens with one attached hydrogen (secondary N) is 1. The molecule has 1 N–H and O–H groups in total. The van der Waals surface area contributed by atoms with E-state index in [-0.39, 0.29) is 25.1 Å². The number of hydrogen-bond donors (Lipinski definition) is 1. The van der Waals surface area contributed by atoms with Crippen molar-refractivity contribution in [1.82, 2.24) is 5.32 Å². The second kappa shape index (κ2) is 8.76. The number of carbonyl (C=O) groups excluding carboxylic acids is 1. The first kappa shape index (κ1) is 19.3. The number of nitrogens with zero attached hydrogens (tertiary/aromatic N) is 1. The van der Waals surface area contributed by atoms with Crippen molar-refractivity contribution in [3.63, 3.8) is 0 Å². The summed E-state index contributed by atoms with van der Waals surface area (Å²) in [5.41, 5.74) is 0.480. The van der Waals surface area contributed by atoms with Gasteiger partial charge < -0.3 is 10.1 Å². The summed E-state index contributed by atoms with van der Waals surface area (Å²) < 4.78 is 31.2. The Morgan fingerprint density at radius 1 is 1.30 bits per heavy atom. The number of carbonyl (C=O) groups is 1. The first-order valence-corrected chi connectivity index (χ1v) is 9.60. The molecular weight excluding hydrogens is 316 g/mol. The summed E-state index contributed by atoms with van der Waals surface area (Å²) in [6.07, 6.45) is 2.27. The maximum atomic E-state index is 12.1. The summed E-state index contributed by atoms with van der Waals surface area (Å²) in [6, 6.07) is 7.00. The van der Waals surface area contributed by atoms with Crippen molar-refractivity contribution in [3.05, 3.63) is 24.3 Å². The molecule has 0 saturated carbocycles. The molecule has 1 aromatic carbocycles. The molecular formula is C16H26N2O4S. The Morgan fingerprint density at radius 3 is 2.52 bits per heavy atom. The molecule has 1 amide bonds. The summed E-state index contributed by atoms with van der Waals surface area (Å²) in [4.78, 5) is 11.5. The van der Waals surface area contributed by atoms with Crippen LogP contribution in [-0.2, 0) is 14.8 Å². The van der Waals surface area contributed by atoms with E-state index in [2.05, 4.69) is 5.32 Å². The monoisotopic (exact) mass is 342 g/mol. The molecule has 0 aliphatic carbocycles. The van der Waals surface area contributed by atoms with Crippen molar-refractivity contribution in [2.24, 2.45) is 0 Å². The van der Waals surface area contributed by atoms with Crippen molar-refractivity contribution in [2.45, 2.75) is 39.7 Å². The standard InChI is InChI=1S/C16H26N2O4S/c1-5-8-16(19)17-11-12-18(23(4,20)21)14-9-6-7-10-15(14)22-13(2)3/h6-7,9-10,13H,5,8,11-12H2,1-4H3,(H,17,19). The van der Waals surface area contributed by atoms with Gasteiger partial charge in [-0.15, -0.1) is 0 Å². The Balaban J connectivity index is 2.94. The number of ether oxygens (including phenoxy) is 1. The Kier molecular flexibility index (Phi) is 7.35. The van der Waals surface area contributed by atoms with Gasteiger partial charge in [0.05, 0.1) is 24.6 Å². The summed E-state index contributed by atoms with van der Waals surface area (Å²) in [6.45, 7) is 6.09. The van der Waals surface area contributed by atoms with Crippen LogP contribution >= 0.6 is 0 Å².